The Balaban J connectivity index is 2.15. The second kappa shape index (κ2) is 7.61. The summed E-state index contributed by atoms with van der Waals surface area (Å²) in [6.45, 7) is 1.88. The first kappa shape index (κ1) is 18.2. The Labute approximate surface area is 145 Å². The molecule has 0 saturated heterocycles. The Kier molecular flexibility index (Phi) is 5.54. The maximum Gasteiger partial charge on any atom is 0.294 e. The highest BCUT2D eigenvalue weighted by Crippen LogP contribution is 2.16. The zero-order valence-corrected chi connectivity index (χ0v) is 14.0. The highest BCUT2D eigenvalue weighted by Gasteiger charge is 2.11. The van der Waals surface area contributed by atoms with Gasteiger partial charge in [-0.1, -0.05) is 18.2 Å². The molecule has 3 N–H and O–H groups in total. The highest BCUT2D eigenvalue weighted by molar-refractivity contribution is 7.85. The first-order valence-corrected chi connectivity index (χ1v) is 8.56. The third-order valence-corrected chi connectivity index (χ3v) is 4.01. The minimum Gasteiger partial charge on any atom is -0.360 e. The quantitative estimate of drug-likeness (QED) is 0.430. The molecule has 2 aromatic carbocycles. The van der Waals surface area contributed by atoms with E-state index in [-0.39, 0.29) is 10.5 Å². The molecule has 25 heavy (non-hydrogen) atoms. The van der Waals surface area contributed by atoms with Gasteiger partial charge in [0.25, 0.3) is 16.0 Å². The van der Waals surface area contributed by atoms with E-state index in [4.69, 9.17) is 9.81 Å². The lowest BCUT2D eigenvalue weighted by molar-refractivity contribution is -0.112. The topological polar surface area (TPSA) is 119 Å². The van der Waals surface area contributed by atoms with Crippen molar-refractivity contribution >= 4 is 27.4 Å². The number of rotatable bonds is 5. The summed E-state index contributed by atoms with van der Waals surface area (Å²) < 4.78 is 31.3. The van der Waals surface area contributed by atoms with Crippen molar-refractivity contribution in [2.24, 2.45) is 0 Å². The van der Waals surface area contributed by atoms with Crippen LogP contribution in [0.3, 0.4) is 0 Å². The molecule has 7 nitrogen and oxygen atoms in total. The van der Waals surface area contributed by atoms with Gasteiger partial charge in [-0.25, -0.2) is 0 Å². The number of nitrogens with zero attached hydrogens (tertiary/aromatic N) is 1. The van der Waals surface area contributed by atoms with Crippen LogP contribution >= 0.6 is 0 Å². The third kappa shape index (κ3) is 5.17. The zero-order valence-electron chi connectivity index (χ0n) is 13.2. The SMILES string of the molecule is Cc1cccc(NC(=O)/C(C#N)=C\Nc2cccc(S(=O)(=O)O)c2)c1. The maximum absolute atomic E-state index is 12.1. The van der Waals surface area contributed by atoms with Crippen LogP contribution < -0.4 is 10.6 Å². The predicted molar refractivity (Wildman–Crippen MR) is 93.4 cm³/mol. The summed E-state index contributed by atoms with van der Waals surface area (Å²) in [7, 11) is -4.34. The van der Waals surface area contributed by atoms with Crippen LogP contribution in [-0.2, 0) is 14.9 Å². The molecule has 0 bridgehead atoms. The van der Waals surface area contributed by atoms with Crippen LogP contribution in [0.15, 0.2) is 65.2 Å². The minimum atomic E-state index is -4.34. The molecule has 0 aliphatic rings. The van der Waals surface area contributed by atoms with E-state index in [1.54, 1.807) is 24.3 Å². The number of hydrogen-bond donors (Lipinski definition) is 3. The van der Waals surface area contributed by atoms with Crippen molar-refractivity contribution in [3.8, 4) is 6.07 Å². The molecule has 2 rings (SSSR count). The molecule has 0 aliphatic carbocycles. The van der Waals surface area contributed by atoms with Gasteiger partial charge >= 0.3 is 0 Å². The van der Waals surface area contributed by atoms with Crippen molar-refractivity contribution in [3.05, 3.63) is 65.9 Å². The zero-order chi connectivity index (χ0) is 18.4. The molecule has 0 heterocycles. The van der Waals surface area contributed by atoms with Gasteiger partial charge < -0.3 is 10.6 Å². The number of anilines is 2. The molecule has 0 fully saturated rings. The standard InChI is InChI=1S/C17H15N3O4S/c1-12-4-2-6-15(8-12)20-17(21)13(10-18)11-19-14-5-3-7-16(9-14)25(22,23)24/h2-9,11,19H,1H3,(H,20,21)(H,22,23,24)/b13-11-. The molecule has 1 amide bonds. The van der Waals surface area contributed by atoms with Crippen LogP contribution in [0.5, 0.6) is 0 Å². The predicted octanol–water partition coefficient (Wildman–Crippen LogP) is 2.70. The molecule has 0 aromatic heterocycles. The van der Waals surface area contributed by atoms with Crippen LogP contribution in [0.25, 0.3) is 0 Å². The second-order valence-corrected chi connectivity index (χ2v) is 6.56. The van der Waals surface area contributed by atoms with Gasteiger partial charge in [-0.05, 0) is 42.8 Å². The molecule has 0 radical (unpaired) electrons. The molecule has 0 spiro atoms. The van der Waals surface area contributed by atoms with Gasteiger partial charge in [0, 0.05) is 17.6 Å². The fraction of sp³-hybridized carbons (Fsp3) is 0.0588. The van der Waals surface area contributed by atoms with E-state index in [0.29, 0.717) is 11.4 Å². The fourth-order valence-corrected chi connectivity index (χ4v) is 2.50. The van der Waals surface area contributed by atoms with Gasteiger partial charge in [-0.2, -0.15) is 13.7 Å². The van der Waals surface area contributed by atoms with Crippen molar-refractivity contribution < 1.29 is 17.8 Å². The lowest BCUT2D eigenvalue weighted by atomic mass is 10.2. The van der Waals surface area contributed by atoms with Crippen molar-refractivity contribution in [1.29, 1.82) is 5.26 Å². The van der Waals surface area contributed by atoms with Crippen molar-refractivity contribution in [2.45, 2.75) is 11.8 Å². The fourth-order valence-electron chi connectivity index (χ4n) is 1.97. The van der Waals surface area contributed by atoms with Crippen LogP contribution in [0.4, 0.5) is 11.4 Å². The average Bonchev–Trinajstić information content (AvgIpc) is 2.55. The second-order valence-electron chi connectivity index (χ2n) is 5.14. The van der Waals surface area contributed by atoms with Gasteiger partial charge in [0.1, 0.15) is 11.6 Å². The normalized spacial score (nSPS) is 11.5. The molecule has 0 atom stereocenters. The van der Waals surface area contributed by atoms with Gasteiger partial charge in [-0.15, -0.1) is 0 Å². The number of nitriles is 1. The number of nitrogens with one attached hydrogen (secondary N) is 2. The lowest BCUT2D eigenvalue weighted by Gasteiger charge is -2.06. The Bertz CT molecular complexity index is 975. The van der Waals surface area contributed by atoms with Gasteiger partial charge in [0.2, 0.25) is 0 Å². The number of amides is 1. The number of carbonyl (C=O) groups is 1. The van der Waals surface area contributed by atoms with Crippen molar-refractivity contribution in [1.82, 2.24) is 0 Å². The molecule has 0 saturated carbocycles. The number of benzene rings is 2. The molecular formula is C17H15N3O4S. The summed E-state index contributed by atoms with van der Waals surface area (Å²) in [6, 6.07) is 14.2. The van der Waals surface area contributed by atoms with E-state index in [9.17, 15) is 13.2 Å². The smallest absolute Gasteiger partial charge is 0.294 e. The van der Waals surface area contributed by atoms with Crippen LogP contribution in [0, 0.1) is 18.3 Å². The number of aryl methyl sites for hydroxylation is 1. The molecule has 128 valence electrons. The monoisotopic (exact) mass is 357 g/mol. The molecule has 0 unspecified atom stereocenters. The largest absolute Gasteiger partial charge is 0.360 e. The first-order chi connectivity index (χ1) is 11.8. The summed E-state index contributed by atoms with van der Waals surface area (Å²) in [5, 5.41) is 14.4. The minimum absolute atomic E-state index is 0.196. The molecule has 0 aliphatic heterocycles. The van der Waals surface area contributed by atoms with E-state index in [1.165, 1.54) is 24.3 Å². The highest BCUT2D eigenvalue weighted by atomic mass is 32.2. The summed E-state index contributed by atoms with van der Waals surface area (Å²) in [5.74, 6) is -0.605. The molecule has 2 aromatic rings. The van der Waals surface area contributed by atoms with E-state index >= 15 is 0 Å². The Morgan fingerprint density at radius 3 is 2.48 bits per heavy atom. The van der Waals surface area contributed by atoms with E-state index in [1.807, 2.05) is 13.0 Å². The van der Waals surface area contributed by atoms with Gasteiger partial charge in [0.05, 0.1) is 4.90 Å². The summed E-state index contributed by atoms with van der Waals surface area (Å²) in [5.41, 5.74) is 1.62. The van der Waals surface area contributed by atoms with E-state index in [0.717, 1.165) is 11.8 Å². The van der Waals surface area contributed by atoms with Gasteiger partial charge in [-0.3, -0.25) is 9.35 Å². The van der Waals surface area contributed by atoms with Crippen LogP contribution in [0.1, 0.15) is 5.56 Å². The average molecular weight is 357 g/mol. The summed E-state index contributed by atoms with van der Waals surface area (Å²) in [4.78, 5) is 11.8. The summed E-state index contributed by atoms with van der Waals surface area (Å²) in [6.07, 6.45) is 1.16. The first-order valence-electron chi connectivity index (χ1n) is 7.12. The number of hydrogen-bond acceptors (Lipinski definition) is 5. The Morgan fingerprint density at radius 1 is 1.16 bits per heavy atom. The van der Waals surface area contributed by atoms with Crippen LogP contribution in [-0.4, -0.2) is 18.9 Å². The maximum atomic E-state index is 12.1. The number of carbonyl (C=O) groups excluding carboxylic acids is 1. The van der Waals surface area contributed by atoms with E-state index in [2.05, 4.69) is 10.6 Å². The van der Waals surface area contributed by atoms with Crippen LogP contribution in [0.2, 0.25) is 0 Å². The molecular weight excluding hydrogens is 342 g/mol. The molecule has 8 heteroatoms. The van der Waals surface area contributed by atoms with E-state index < -0.39 is 16.0 Å². The third-order valence-electron chi connectivity index (χ3n) is 3.16. The Morgan fingerprint density at radius 2 is 1.84 bits per heavy atom. The Hall–Kier alpha value is -3.15. The van der Waals surface area contributed by atoms with Crippen molar-refractivity contribution in [2.75, 3.05) is 10.6 Å². The van der Waals surface area contributed by atoms with Gasteiger partial charge in [0.15, 0.2) is 0 Å². The van der Waals surface area contributed by atoms with Crippen molar-refractivity contribution in [3.63, 3.8) is 0 Å². The summed E-state index contributed by atoms with van der Waals surface area (Å²) >= 11 is 0. The lowest BCUT2D eigenvalue weighted by Crippen LogP contribution is -2.14.